The van der Waals surface area contributed by atoms with Crippen molar-refractivity contribution in [3.63, 3.8) is 0 Å². The Balaban J connectivity index is 1.88. The second-order valence-corrected chi connectivity index (χ2v) is 5.99. The molecule has 1 aliphatic rings. The second-order valence-electron chi connectivity index (χ2n) is 3.85. The van der Waals surface area contributed by atoms with E-state index in [2.05, 4.69) is 5.32 Å². The van der Waals surface area contributed by atoms with Crippen LogP contribution in [-0.2, 0) is 6.54 Å². The average Bonchev–Trinajstić information content (AvgIpc) is 2.76. The third kappa shape index (κ3) is 2.99. The van der Waals surface area contributed by atoms with Gasteiger partial charge in [0.2, 0.25) is 0 Å². The third-order valence-electron chi connectivity index (χ3n) is 2.74. The second kappa shape index (κ2) is 5.70. The molecule has 1 fully saturated rings. The van der Waals surface area contributed by atoms with E-state index in [1.165, 1.54) is 35.7 Å². The minimum Gasteiger partial charge on any atom is -0.477 e. The molecular weight excluding hydrogens is 242 g/mol. The Labute approximate surface area is 103 Å². The molecule has 1 aromatic heterocycles. The van der Waals surface area contributed by atoms with Crippen molar-refractivity contribution in [3.8, 4) is 0 Å². The first-order chi connectivity index (χ1) is 7.77. The summed E-state index contributed by atoms with van der Waals surface area (Å²) in [6.45, 7) is 0.681. The van der Waals surface area contributed by atoms with Crippen molar-refractivity contribution in [1.82, 2.24) is 5.32 Å². The van der Waals surface area contributed by atoms with Crippen molar-refractivity contribution in [2.24, 2.45) is 0 Å². The standard InChI is InChI=1S/C11H15NO2S2/c13-11(14)10-8(1-6-16-10)7-12-9-2-4-15-5-3-9/h1,6,9,12H,2-5,7H2,(H,13,14). The highest BCUT2D eigenvalue weighted by molar-refractivity contribution is 7.99. The summed E-state index contributed by atoms with van der Waals surface area (Å²) in [5, 5.41) is 14.3. The van der Waals surface area contributed by atoms with Crippen molar-refractivity contribution in [3.05, 3.63) is 21.9 Å². The van der Waals surface area contributed by atoms with Gasteiger partial charge in [-0.25, -0.2) is 4.79 Å². The third-order valence-corrected chi connectivity index (χ3v) is 4.74. The molecule has 5 heteroatoms. The molecule has 88 valence electrons. The van der Waals surface area contributed by atoms with E-state index in [1.807, 2.05) is 23.2 Å². The van der Waals surface area contributed by atoms with Crippen LogP contribution < -0.4 is 5.32 Å². The van der Waals surface area contributed by atoms with Crippen molar-refractivity contribution >= 4 is 29.1 Å². The van der Waals surface area contributed by atoms with Gasteiger partial charge in [0.15, 0.2) is 0 Å². The van der Waals surface area contributed by atoms with E-state index in [1.54, 1.807) is 0 Å². The Morgan fingerprint density at radius 3 is 2.94 bits per heavy atom. The Kier molecular flexibility index (Phi) is 4.26. The van der Waals surface area contributed by atoms with Crippen LogP contribution in [0.3, 0.4) is 0 Å². The number of carboxylic acids is 1. The summed E-state index contributed by atoms with van der Waals surface area (Å²) >= 11 is 3.30. The normalized spacial score (nSPS) is 17.5. The van der Waals surface area contributed by atoms with E-state index in [4.69, 9.17) is 5.11 Å². The molecule has 0 bridgehead atoms. The number of thioether (sulfide) groups is 1. The van der Waals surface area contributed by atoms with Crippen LogP contribution in [0.15, 0.2) is 11.4 Å². The summed E-state index contributed by atoms with van der Waals surface area (Å²) in [5.41, 5.74) is 0.913. The van der Waals surface area contributed by atoms with Crippen molar-refractivity contribution in [2.75, 3.05) is 11.5 Å². The van der Waals surface area contributed by atoms with Gasteiger partial charge in [-0.2, -0.15) is 11.8 Å². The lowest BCUT2D eigenvalue weighted by atomic mass is 10.1. The van der Waals surface area contributed by atoms with Crippen LogP contribution in [0.5, 0.6) is 0 Å². The number of hydrogen-bond acceptors (Lipinski definition) is 4. The van der Waals surface area contributed by atoms with Crippen LogP contribution in [0.25, 0.3) is 0 Å². The Bertz CT molecular complexity index is 359. The van der Waals surface area contributed by atoms with E-state index in [0.717, 1.165) is 5.56 Å². The molecule has 1 saturated heterocycles. The van der Waals surface area contributed by atoms with Gasteiger partial charge in [0.1, 0.15) is 4.88 Å². The smallest absolute Gasteiger partial charge is 0.346 e. The van der Waals surface area contributed by atoms with Crippen molar-refractivity contribution in [2.45, 2.75) is 25.4 Å². The van der Waals surface area contributed by atoms with E-state index >= 15 is 0 Å². The van der Waals surface area contributed by atoms with E-state index in [9.17, 15) is 4.79 Å². The van der Waals surface area contributed by atoms with Crippen LogP contribution >= 0.6 is 23.1 Å². The lowest BCUT2D eigenvalue weighted by Crippen LogP contribution is -2.32. The largest absolute Gasteiger partial charge is 0.477 e. The number of carboxylic acid groups (broad SMARTS) is 1. The topological polar surface area (TPSA) is 49.3 Å². The first kappa shape index (κ1) is 12.0. The molecule has 0 aromatic carbocycles. The van der Waals surface area contributed by atoms with Gasteiger partial charge in [-0.3, -0.25) is 0 Å². The zero-order chi connectivity index (χ0) is 11.4. The summed E-state index contributed by atoms with van der Waals surface area (Å²) in [7, 11) is 0. The SMILES string of the molecule is O=C(O)c1sccc1CNC1CCSCC1. The first-order valence-electron chi connectivity index (χ1n) is 5.38. The summed E-state index contributed by atoms with van der Waals surface area (Å²) in [4.78, 5) is 11.4. The molecule has 3 nitrogen and oxygen atoms in total. The van der Waals surface area contributed by atoms with Crippen molar-refractivity contribution in [1.29, 1.82) is 0 Å². The zero-order valence-corrected chi connectivity index (χ0v) is 10.6. The van der Waals surface area contributed by atoms with Crippen LogP contribution in [0.4, 0.5) is 0 Å². The monoisotopic (exact) mass is 257 g/mol. The highest BCUT2D eigenvalue weighted by Gasteiger charge is 2.15. The summed E-state index contributed by atoms with van der Waals surface area (Å²) in [6, 6.07) is 2.46. The van der Waals surface area contributed by atoms with E-state index in [0.29, 0.717) is 17.5 Å². The Morgan fingerprint density at radius 1 is 1.50 bits per heavy atom. The number of rotatable bonds is 4. The summed E-state index contributed by atoms with van der Waals surface area (Å²) < 4.78 is 0. The molecule has 1 aliphatic heterocycles. The molecule has 0 aliphatic carbocycles. The molecular formula is C11H15NO2S2. The molecule has 0 unspecified atom stereocenters. The minimum absolute atomic E-state index is 0.470. The van der Waals surface area contributed by atoms with Crippen LogP contribution in [-0.4, -0.2) is 28.6 Å². The fourth-order valence-electron chi connectivity index (χ4n) is 1.82. The molecule has 1 aromatic rings. The van der Waals surface area contributed by atoms with Gasteiger partial charge in [0.25, 0.3) is 0 Å². The van der Waals surface area contributed by atoms with Gasteiger partial charge < -0.3 is 10.4 Å². The minimum atomic E-state index is -0.814. The maximum Gasteiger partial charge on any atom is 0.346 e. The zero-order valence-electron chi connectivity index (χ0n) is 8.94. The molecule has 0 spiro atoms. The average molecular weight is 257 g/mol. The van der Waals surface area contributed by atoms with E-state index < -0.39 is 5.97 Å². The summed E-state index contributed by atoms with van der Waals surface area (Å²) in [5.74, 6) is 1.62. The fourth-order valence-corrected chi connectivity index (χ4v) is 3.69. The lowest BCUT2D eigenvalue weighted by molar-refractivity contribution is 0.0701. The van der Waals surface area contributed by atoms with Crippen molar-refractivity contribution < 1.29 is 9.90 Å². The number of nitrogens with one attached hydrogen (secondary N) is 1. The quantitative estimate of drug-likeness (QED) is 0.870. The number of aromatic carboxylic acids is 1. The number of carbonyl (C=O) groups is 1. The van der Waals surface area contributed by atoms with E-state index in [-0.39, 0.29) is 0 Å². The van der Waals surface area contributed by atoms with Crippen LogP contribution in [0.1, 0.15) is 28.1 Å². The fraction of sp³-hybridized carbons (Fsp3) is 0.545. The molecule has 0 atom stereocenters. The maximum atomic E-state index is 10.9. The predicted molar refractivity (Wildman–Crippen MR) is 68.5 cm³/mol. The highest BCUT2D eigenvalue weighted by atomic mass is 32.2. The molecule has 2 rings (SSSR count). The summed E-state index contributed by atoms with van der Waals surface area (Å²) in [6.07, 6.45) is 2.38. The van der Waals surface area contributed by atoms with Gasteiger partial charge in [0.05, 0.1) is 0 Å². The molecule has 16 heavy (non-hydrogen) atoms. The first-order valence-corrected chi connectivity index (χ1v) is 7.41. The molecule has 0 radical (unpaired) electrons. The molecule has 2 N–H and O–H groups in total. The van der Waals surface area contributed by atoms with Crippen LogP contribution in [0.2, 0.25) is 0 Å². The Morgan fingerprint density at radius 2 is 2.25 bits per heavy atom. The predicted octanol–water partition coefficient (Wildman–Crippen LogP) is 2.43. The lowest BCUT2D eigenvalue weighted by Gasteiger charge is -2.22. The highest BCUT2D eigenvalue weighted by Crippen LogP contribution is 2.19. The molecule has 0 saturated carbocycles. The van der Waals surface area contributed by atoms with Crippen LogP contribution in [0, 0.1) is 0 Å². The van der Waals surface area contributed by atoms with Gasteiger partial charge in [0, 0.05) is 12.6 Å². The Hall–Kier alpha value is -0.520. The number of thiophene rings is 1. The molecule has 2 heterocycles. The molecule has 0 amide bonds. The maximum absolute atomic E-state index is 10.9. The number of hydrogen-bond donors (Lipinski definition) is 2. The van der Waals surface area contributed by atoms with Gasteiger partial charge >= 0.3 is 5.97 Å². The van der Waals surface area contributed by atoms with Gasteiger partial charge in [-0.05, 0) is 41.4 Å². The van der Waals surface area contributed by atoms with Gasteiger partial charge in [-0.1, -0.05) is 0 Å². The van der Waals surface area contributed by atoms with Gasteiger partial charge in [-0.15, -0.1) is 11.3 Å².